The van der Waals surface area contributed by atoms with Gasteiger partial charge < -0.3 is 10.4 Å². The van der Waals surface area contributed by atoms with Crippen LogP contribution in [0, 0.1) is 6.92 Å². The second-order valence-electron chi connectivity index (χ2n) is 4.52. The Kier molecular flexibility index (Phi) is 4.11. The number of nitrogens with zero attached hydrogens (tertiary/aromatic N) is 1. The van der Waals surface area contributed by atoms with Gasteiger partial charge in [0.1, 0.15) is 11.6 Å². The first kappa shape index (κ1) is 14.2. The van der Waals surface area contributed by atoms with Gasteiger partial charge in [0.25, 0.3) is 0 Å². The van der Waals surface area contributed by atoms with Crippen molar-refractivity contribution in [1.29, 1.82) is 0 Å². The normalized spacial score (nSPS) is 10.1. The van der Waals surface area contributed by atoms with Gasteiger partial charge in [-0.25, -0.2) is 4.98 Å². The van der Waals surface area contributed by atoms with E-state index >= 15 is 0 Å². The fourth-order valence-corrected chi connectivity index (χ4v) is 2.15. The maximum atomic E-state index is 9.46. The van der Waals surface area contributed by atoms with Crippen molar-refractivity contribution in [3.05, 3.63) is 60.2 Å². The third-order valence-electron chi connectivity index (χ3n) is 3.04. The van der Waals surface area contributed by atoms with Gasteiger partial charge in [-0.2, -0.15) is 0 Å². The van der Waals surface area contributed by atoms with Gasteiger partial charge in [-0.3, -0.25) is 0 Å². The number of rotatable bonds is 2. The van der Waals surface area contributed by atoms with Gasteiger partial charge in [0, 0.05) is 17.1 Å². The Bertz CT molecular complexity index is 743. The minimum absolute atomic E-state index is 0. The number of aryl methyl sites for hydroxylation is 1. The van der Waals surface area contributed by atoms with Gasteiger partial charge in [-0.05, 0) is 36.8 Å². The zero-order chi connectivity index (χ0) is 13.2. The highest BCUT2D eigenvalue weighted by molar-refractivity contribution is 5.85. The largest absolute Gasteiger partial charge is 0.508 e. The highest BCUT2D eigenvalue weighted by atomic mass is 35.5. The van der Waals surface area contributed by atoms with E-state index in [9.17, 15) is 5.11 Å². The fraction of sp³-hybridized carbons (Fsp3) is 0.0625. The number of pyridine rings is 1. The molecule has 0 saturated heterocycles. The summed E-state index contributed by atoms with van der Waals surface area (Å²) < 4.78 is 0. The third-order valence-corrected chi connectivity index (χ3v) is 3.04. The Labute approximate surface area is 123 Å². The van der Waals surface area contributed by atoms with E-state index in [1.807, 2.05) is 30.3 Å². The molecule has 0 aliphatic carbocycles. The molecule has 1 aromatic heterocycles. The number of nitrogens with one attached hydrogen (secondary N) is 1. The van der Waals surface area contributed by atoms with Crippen molar-refractivity contribution in [2.75, 3.05) is 5.32 Å². The van der Waals surface area contributed by atoms with E-state index in [4.69, 9.17) is 0 Å². The Balaban J connectivity index is 0.00000147. The fourth-order valence-electron chi connectivity index (χ4n) is 2.15. The molecule has 3 aromatic rings. The number of para-hydroxylation sites is 1. The van der Waals surface area contributed by atoms with Crippen LogP contribution in [0.2, 0.25) is 0 Å². The monoisotopic (exact) mass is 286 g/mol. The van der Waals surface area contributed by atoms with E-state index in [2.05, 4.69) is 23.3 Å². The third kappa shape index (κ3) is 2.83. The number of hydrogen-bond donors (Lipinski definition) is 2. The lowest BCUT2D eigenvalue weighted by atomic mass is 10.1. The Hall–Kier alpha value is -2.26. The molecule has 0 radical (unpaired) electrons. The molecule has 0 fully saturated rings. The summed E-state index contributed by atoms with van der Waals surface area (Å²) in [5.74, 6) is 1.02. The summed E-state index contributed by atoms with van der Waals surface area (Å²) in [5, 5.41) is 13.8. The van der Waals surface area contributed by atoms with Crippen molar-refractivity contribution in [3.8, 4) is 5.75 Å². The number of hydrogen-bond acceptors (Lipinski definition) is 3. The average Bonchev–Trinajstić information content (AvgIpc) is 2.39. The number of aromatic hydroxyl groups is 1. The van der Waals surface area contributed by atoms with Crippen LogP contribution in [-0.2, 0) is 0 Å². The van der Waals surface area contributed by atoms with Gasteiger partial charge >= 0.3 is 0 Å². The molecular formula is C16H15ClN2O. The van der Waals surface area contributed by atoms with Crippen molar-refractivity contribution < 1.29 is 5.11 Å². The molecule has 0 aliphatic heterocycles. The van der Waals surface area contributed by atoms with Crippen LogP contribution >= 0.6 is 12.4 Å². The van der Waals surface area contributed by atoms with Gasteiger partial charge in [-0.1, -0.05) is 24.3 Å². The zero-order valence-corrected chi connectivity index (χ0v) is 11.8. The first-order valence-electron chi connectivity index (χ1n) is 6.15. The van der Waals surface area contributed by atoms with Crippen molar-refractivity contribution in [3.63, 3.8) is 0 Å². The summed E-state index contributed by atoms with van der Waals surface area (Å²) in [5.41, 5.74) is 2.96. The van der Waals surface area contributed by atoms with E-state index in [0.717, 1.165) is 22.4 Å². The highest BCUT2D eigenvalue weighted by Crippen LogP contribution is 2.23. The minimum Gasteiger partial charge on any atom is -0.508 e. The molecule has 4 heteroatoms. The second kappa shape index (κ2) is 5.80. The second-order valence-corrected chi connectivity index (χ2v) is 4.52. The van der Waals surface area contributed by atoms with Gasteiger partial charge in [0.2, 0.25) is 0 Å². The maximum Gasteiger partial charge on any atom is 0.131 e. The molecule has 2 N–H and O–H groups in total. The Morgan fingerprint density at radius 2 is 1.80 bits per heavy atom. The molecule has 0 aliphatic rings. The number of phenols is 1. The minimum atomic E-state index is 0. The van der Waals surface area contributed by atoms with Crippen LogP contribution in [0.25, 0.3) is 10.9 Å². The molecule has 0 amide bonds. The van der Waals surface area contributed by atoms with Crippen LogP contribution in [0.4, 0.5) is 11.5 Å². The quantitative estimate of drug-likeness (QED) is 0.733. The summed E-state index contributed by atoms with van der Waals surface area (Å²) in [7, 11) is 0. The Morgan fingerprint density at radius 3 is 2.60 bits per heavy atom. The predicted molar refractivity (Wildman–Crippen MR) is 85.1 cm³/mol. The average molecular weight is 287 g/mol. The number of benzene rings is 2. The topological polar surface area (TPSA) is 45.1 Å². The van der Waals surface area contributed by atoms with Gasteiger partial charge in [-0.15, -0.1) is 12.4 Å². The number of aromatic nitrogens is 1. The van der Waals surface area contributed by atoms with Crippen LogP contribution in [0.1, 0.15) is 5.56 Å². The molecule has 0 unspecified atom stereocenters. The lowest BCUT2D eigenvalue weighted by Gasteiger charge is -2.09. The number of fused-ring (bicyclic) bond motifs is 1. The van der Waals surface area contributed by atoms with E-state index in [1.54, 1.807) is 18.2 Å². The standard InChI is InChI=1S/C16H14N2O.ClH/c1-11-9-16(17-12-5-4-6-13(19)10-12)18-15-8-3-2-7-14(11)15;/h2-10,19H,1H3,(H,17,18);1H. The summed E-state index contributed by atoms with van der Waals surface area (Å²) in [4.78, 5) is 4.57. The molecular weight excluding hydrogens is 272 g/mol. The summed E-state index contributed by atoms with van der Waals surface area (Å²) in [6.45, 7) is 2.07. The van der Waals surface area contributed by atoms with Crippen molar-refractivity contribution in [2.45, 2.75) is 6.92 Å². The van der Waals surface area contributed by atoms with Crippen LogP contribution < -0.4 is 5.32 Å². The van der Waals surface area contributed by atoms with E-state index in [0.29, 0.717) is 0 Å². The first-order valence-corrected chi connectivity index (χ1v) is 6.15. The molecule has 102 valence electrons. The van der Waals surface area contributed by atoms with Crippen LogP contribution in [-0.4, -0.2) is 10.1 Å². The highest BCUT2D eigenvalue weighted by Gasteiger charge is 2.02. The van der Waals surface area contributed by atoms with E-state index in [1.165, 1.54) is 5.56 Å². The molecule has 0 atom stereocenters. The van der Waals surface area contributed by atoms with E-state index in [-0.39, 0.29) is 18.2 Å². The Morgan fingerprint density at radius 1 is 1.00 bits per heavy atom. The lowest BCUT2D eigenvalue weighted by Crippen LogP contribution is -1.95. The molecule has 0 spiro atoms. The first-order chi connectivity index (χ1) is 9.22. The molecule has 2 aromatic carbocycles. The molecule has 0 saturated carbocycles. The predicted octanol–water partition coefficient (Wildman–Crippen LogP) is 4.41. The summed E-state index contributed by atoms with van der Waals surface area (Å²) in [6, 6.07) is 17.1. The van der Waals surface area contributed by atoms with Crippen molar-refractivity contribution in [1.82, 2.24) is 4.98 Å². The molecule has 20 heavy (non-hydrogen) atoms. The van der Waals surface area contributed by atoms with Crippen molar-refractivity contribution in [2.24, 2.45) is 0 Å². The van der Waals surface area contributed by atoms with E-state index < -0.39 is 0 Å². The van der Waals surface area contributed by atoms with Crippen LogP contribution in [0.15, 0.2) is 54.6 Å². The summed E-state index contributed by atoms with van der Waals surface area (Å²) >= 11 is 0. The maximum absolute atomic E-state index is 9.46. The van der Waals surface area contributed by atoms with Gasteiger partial charge in [0.15, 0.2) is 0 Å². The SMILES string of the molecule is Cc1cc(Nc2cccc(O)c2)nc2ccccc12.Cl. The van der Waals surface area contributed by atoms with Crippen molar-refractivity contribution >= 4 is 34.8 Å². The van der Waals surface area contributed by atoms with Crippen LogP contribution in [0.5, 0.6) is 5.75 Å². The molecule has 0 bridgehead atoms. The number of halogens is 1. The molecule has 3 rings (SSSR count). The number of phenolic OH excluding ortho intramolecular Hbond substituents is 1. The summed E-state index contributed by atoms with van der Waals surface area (Å²) in [6.07, 6.45) is 0. The van der Waals surface area contributed by atoms with Crippen LogP contribution in [0.3, 0.4) is 0 Å². The smallest absolute Gasteiger partial charge is 0.131 e. The number of anilines is 2. The molecule has 3 nitrogen and oxygen atoms in total. The lowest BCUT2D eigenvalue weighted by molar-refractivity contribution is 0.475. The molecule has 1 heterocycles. The van der Waals surface area contributed by atoms with Gasteiger partial charge in [0.05, 0.1) is 5.52 Å². The zero-order valence-electron chi connectivity index (χ0n) is 11.0.